The summed E-state index contributed by atoms with van der Waals surface area (Å²) in [6, 6.07) is 16.8. The molecule has 3 aromatic carbocycles. The molecule has 136 valence electrons. The average molecular weight is 362 g/mol. The number of carbonyl (C=O) groups excluding carboxylic acids is 2. The van der Waals surface area contributed by atoms with Crippen LogP contribution in [-0.4, -0.2) is 32.6 Å². The molecule has 3 aromatic rings. The van der Waals surface area contributed by atoms with Crippen LogP contribution in [0.2, 0.25) is 0 Å². The van der Waals surface area contributed by atoms with Gasteiger partial charge in [-0.05, 0) is 40.6 Å². The third kappa shape index (κ3) is 2.81. The summed E-state index contributed by atoms with van der Waals surface area (Å²) in [5, 5.41) is 1.87. The van der Waals surface area contributed by atoms with Crippen molar-refractivity contribution in [3.63, 3.8) is 0 Å². The van der Waals surface area contributed by atoms with Gasteiger partial charge in [0.25, 0.3) is 0 Å². The molecule has 0 aromatic heterocycles. The number of esters is 1. The van der Waals surface area contributed by atoms with E-state index in [1.54, 1.807) is 13.2 Å². The fourth-order valence-electron chi connectivity index (χ4n) is 3.66. The molecule has 0 bridgehead atoms. The molecule has 4 rings (SSSR count). The van der Waals surface area contributed by atoms with Crippen LogP contribution < -0.4 is 9.47 Å². The van der Waals surface area contributed by atoms with Gasteiger partial charge in [0, 0.05) is 11.1 Å². The predicted octanol–water partition coefficient (Wildman–Crippen LogP) is 3.73. The largest absolute Gasteiger partial charge is 0.497 e. The molecule has 0 saturated carbocycles. The van der Waals surface area contributed by atoms with Crippen LogP contribution in [-0.2, 0) is 9.53 Å². The Labute approximate surface area is 156 Å². The first-order chi connectivity index (χ1) is 13.2. The summed E-state index contributed by atoms with van der Waals surface area (Å²) in [5.41, 5.74) is 2.45. The standard InChI is InChI=1S/C22H18O5/c1-25-16-7-4-14(5-8-16)19-20-17-9-3-13(12-23)11-15(17)6-10-18(20)27-21(19)22(24)26-2/h3-12,19,21H,1-2H3. The van der Waals surface area contributed by atoms with Crippen molar-refractivity contribution in [1.82, 2.24) is 0 Å². The number of fused-ring (bicyclic) bond motifs is 3. The Morgan fingerprint density at radius 3 is 2.48 bits per heavy atom. The second-order valence-corrected chi connectivity index (χ2v) is 6.39. The molecule has 2 atom stereocenters. The topological polar surface area (TPSA) is 61.8 Å². The number of benzene rings is 3. The number of rotatable bonds is 4. The molecule has 0 saturated heterocycles. The Bertz CT molecular complexity index is 1020. The summed E-state index contributed by atoms with van der Waals surface area (Å²) >= 11 is 0. The minimum Gasteiger partial charge on any atom is -0.497 e. The van der Waals surface area contributed by atoms with Crippen molar-refractivity contribution in [2.75, 3.05) is 14.2 Å². The lowest BCUT2D eigenvalue weighted by atomic mass is 9.85. The maximum atomic E-state index is 12.4. The van der Waals surface area contributed by atoms with Crippen LogP contribution in [0.25, 0.3) is 10.8 Å². The molecule has 1 heterocycles. The van der Waals surface area contributed by atoms with Gasteiger partial charge in [0.1, 0.15) is 17.8 Å². The van der Waals surface area contributed by atoms with E-state index in [0.29, 0.717) is 11.3 Å². The Hall–Kier alpha value is -3.34. The monoisotopic (exact) mass is 362 g/mol. The number of ether oxygens (including phenoxy) is 3. The third-order valence-electron chi connectivity index (χ3n) is 4.96. The maximum Gasteiger partial charge on any atom is 0.348 e. The van der Waals surface area contributed by atoms with Crippen LogP contribution in [0.15, 0.2) is 54.6 Å². The van der Waals surface area contributed by atoms with Crippen molar-refractivity contribution in [2.45, 2.75) is 12.0 Å². The quantitative estimate of drug-likeness (QED) is 0.523. The van der Waals surface area contributed by atoms with E-state index in [9.17, 15) is 9.59 Å². The van der Waals surface area contributed by atoms with E-state index in [1.165, 1.54) is 7.11 Å². The molecule has 0 N–H and O–H groups in total. The summed E-state index contributed by atoms with van der Waals surface area (Å²) < 4.78 is 16.2. The molecule has 1 aliphatic rings. The van der Waals surface area contributed by atoms with E-state index in [4.69, 9.17) is 14.2 Å². The number of hydrogen-bond acceptors (Lipinski definition) is 5. The van der Waals surface area contributed by atoms with Gasteiger partial charge in [-0.3, -0.25) is 4.79 Å². The molecule has 0 fully saturated rings. The fourth-order valence-corrected chi connectivity index (χ4v) is 3.66. The average Bonchev–Trinajstić information content (AvgIpc) is 3.12. The Kier molecular flexibility index (Phi) is 4.28. The second-order valence-electron chi connectivity index (χ2n) is 6.39. The molecule has 0 aliphatic carbocycles. The van der Waals surface area contributed by atoms with Crippen molar-refractivity contribution in [2.24, 2.45) is 0 Å². The third-order valence-corrected chi connectivity index (χ3v) is 4.96. The molecular weight excluding hydrogens is 344 g/mol. The number of methoxy groups -OCH3 is 2. The van der Waals surface area contributed by atoms with Gasteiger partial charge in [0.15, 0.2) is 0 Å². The minimum absolute atomic E-state index is 0.316. The summed E-state index contributed by atoms with van der Waals surface area (Å²) in [6.45, 7) is 0. The van der Waals surface area contributed by atoms with Crippen molar-refractivity contribution in [3.8, 4) is 11.5 Å². The van der Waals surface area contributed by atoms with E-state index in [-0.39, 0.29) is 5.92 Å². The zero-order valence-electron chi connectivity index (χ0n) is 15.0. The first-order valence-corrected chi connectivity index (χ1v) is 8.56. The lowest BCUT2D eigenvalue weighted by Gasteiger charge is -2.18. The lowest BCUT2D eigenvalue weighted by molar-refractivity contribution is -0.148. The van der Waals surface area contributed by atoms with E-state index in [2.05, 4.69) is 0 Å². The van der Waals surface area contributed by atoms with Gasteiger partial charge in [-0.2, -0.15) is 0 Å². The normalized spacial score (nSPS) is 17.9. The molecule has 5 heteroatoms. The van der Waals surface area contributed by atoms with Gasteiger partial charge >= 0.3 is 5.97 Å². The molecule has 0 spiro atoms. The molecule has 2 unspecified atom stereocenters. The predicted molar refractivity (Wildman–Crippen MR) is 101 cm³/mol. The molecule has 27 heavy (non-hydrogen) atoms. The summed E-state index contributed by atoms with van der Waals surface area (Å²) in [6.07, 6.45) is 0.0521. The summed E-state index contributed by atoms with van der Waals surface area (Å²) in [4.78, 5) is 23.5. The van der Waals surface area contributed by atoms with Crippen molar-refractivity contribution >= 4 is 23.0 Å². The maximum absolute atomic E-state index is 12.4. The van der Waals surface area contributed by atoms with Crippen molar-refractivity contribution in [3.05, 3.63) is 71.3 Å². The molecule has 5 nitrogen and oxygen atoms in total. The van der Waals surface area contributed by atoms with Gasteiger partial charge in [-0.1, -0.05) is 30.3 Å². The number of hydrogen-bond donors (Lipinski definition) is 0. The minimum atomic E-state index is -0.769. The van der Waals surface area contributed by atoms with Gasteiger partial charge in [0.05, 0.1) is 20.1 Å². The highest BCUT2D eigenvalue weighted by Crippen LogP contribution is 2.46. The lowest BCUT2D eigenvalue weighted by Crippen LogP contribution is -2.30. The Morgan fingerprint density at radius 2 is 1.81 bits per heavy atom. The molecular formula is C22H18O5. The molecule has 0 radical (unpaired) electrons. The number of carbonyl (C=O) groups is 2. The zero-order valence-corrected chi connectivity index (χ0v) is 15.0. The van der Waals surface area contributed by atoms with Crippen LogP contribution in [0.3, 0.4) is 0 Å². The van der Waals surface area contributed by atoms with Crippen LogP contribution in [0.1, 0.15) is 27.4 Å². The van der Waals surface area contributed by atoms with Crippen molar-refractivity contribution < 1.29 is 23.8 Å². The van der Waals surface area contributed by atoms with E-state index in [1.807, 2.05) is 48.5 Å². The van der Waals surface area contributed by atoms with Gasteiger partial charge in [0.2, 0.25) is 6.10 Å². The van der Waals surface area contributed by atoms with Crippen LogP contribution in [0.5, 0.6) is 11.5 Å². The fraction of sp³-hybridized carbons (Fsp3) is 0.182. The van der Waals surface area contributed by atoms with Gasteiger partial charge in [-0.25, -0.2) is 4.79 Å². The highest BCUT2D eigenvalue weighted by molar-refractivity contribution is 5.95. The highest BCUT2D eigenvalue weighted by atomic mass is 16.6. The van der Waals surface area contributed by atoms with Gasteiger partial charge < -0.3 is 14.2 Å². The van der Waals surface area contributed by atoms with E-state index >= 15 is 0 Å². The Balaban J connectivity index is 1.92. The smallest absolute Gasteiger partial charge is 0.348 e. The molecule has 0 amide bonds. The zero-order chi connectivity index (χ0) is 19.0. The second kappa shape index (κ2) is 6.76. The van der Waals surface area contributed by atoms with Crippen molar-refractivity contribution in [1.29, 1.82) is 0 Å². The summed E-state index contributed by atoms with van der Waals surface area (Å²) in [5.74, 6) is 0.646. The van der Waals surface area contributed by atoms with Gasteiger partial charge in [-0.15, -0.1) is 0 Å². The first-order valence-electron chi connectivity index (χ1n) is 8.56. The van der Waals surface area contributed by atoms with Crippen LogP contribution in [0.4, 0.5) is 0 Å². The summed E-state index contributed by atoms with van der Waals surface area (Å²) in [7, 11) is 2.96. The van der Waals surface area contributed by atoms with Crippen LogP contribution >= 0.6 is 0 Å². The first kappa shape index (κ1) is 17.1. The molecule has 1 aliphatic heterocycles. The number of aldehydes is 1. The highest BCUT2D eigenvalue weighted by Gasteiger charge is 2.42. The van der Waals surface area contributed by atoms with E-state index < -0.39 is 12.1 Å². The Morgan fingerprint density at radius 1 is 1.04 bits per heavy atom. The van der Waals surface area contributed by atoms with Crippen LogP contribution in [0, 0.1) is 0 Å². The van der Waals surface area contributed by atoms with E-state index in [0.717, 1.165) is 33.9 Å². The SMILES string of the molecule is COC(=O)C1Oc2ccc3cc(C=O)ccc3c2C1c1ccc(OC)cc1.